The molecule has 1 unspecified atom stereocenters. The summed E-state index contributed by atoms with van der Waals surface area (Å²) in [5, 5.41) is 0.411. The number of benzene rings is 2. The number of imide groups is 1. The van der Waals surface area contributed by atoms with E-state index in [1.807, 2.05) is 24.3 Å². The monoisotopic (exact) mass is 399 g/mol. The zero-order chi connectivity index (χ0) is 19.7. The molecule has 0 saturated carbocycles. The van der Waals surface area contributed by atoms with Gasteiger partial charge < -0.3 is 9.64 Å². The smallest absolute Gasteiger partial charge is 0.251 e. The fourth-order valence-corrected chi connectivity index (χ4v) is 4.09. The second-order valence-electron chi connectivity index (χ2n) is 6.96. The number of ether oxygens (including phenoxy) is 1. The average Bonchev–Trinajstić information content (AvgIpc) is 3.03. The molecule has 7 heteroatoms. The van der Waals surface area contributed by atoms with Crippen LogP contribution in [0.15, 0.2) is 48.5 Å². The van der Waals surface area contributed by atoms with E-state index >= 15 is 0 Å². The highest BCUT2D eigenvalue weighted by atomic mass is 35.5. The number of nitrogens with zero attached hydrogens (tertiary/aromatic N) is 3. The molecule has 146 valence electrons. The Morgan fingerprint density at radius 2 is 1.64 bits per heavy atom. The number of hydrogen-bond acceptors (Lipinski definition) is 5. The Hall–Kier alpha value is -2.57. The third kappa shape index (κ3) is 3.45. The molecule has 2 fully saturated rings. The van der Waals surface area contributed by atoms with Gasteiger partial charge in [0.05, 0.1) is 30.3 Å². The van der Waals surface area contributed by atoms with Crippen LogP contribution in [0.3, 0.4) is 0 Å². The van der Waals surface area contributed by atoms with Crippen molar-refractivity contribution < 1.29 is 14.3 Å². The lowest BCUT2D eigenvalue weighted by Crippen LogP contribution is -2.52. The van der Waals surface area contributed by atoms with Crippen LogP contribution in [0.25, 0.3) is 0 Å². The molecule has 2 heterocycles. The second-order valence-corrected chi connectivity index (χ2v) is 7.37. The summed E-state index contributed by atoms with van der Waals surface area (Å²) < 4.78 is 5.21. The van der Waals surface area contributed by atoms with Crippen molar-refractivity contribution in [2.24, 2.45) is 0 Å². The number of para-hydroxylation sites is 1. The molecule has 0 radical (unpaired) electrons. The largest absolute Gasteiger partial charge is 0.497 e. The van der Waals surface area contributed by atoms with Crippen molar-refractivity contribution >= 4 is 34.8 Å². The molecule has 2 saturated heterocycles. The molecule has 2 aromatic rings. The molecule has 2 aromatic carbocycles. The maximum absolute atomic E-state index is 13.0. The van der Waals surface area contributed by atoms with Gasteiger partial charge in [0.2, 0.25) is 5.91 Å². The zero-order valence-electron chi connectivity index (χ0n) is 15.7. The van der Waals surface area contributed by atoms with E-state index in [0.717, 1.165) is 37.6 Å². The fraction of sp³-hybridized carbons (Fsp3) is 0.333. The summed E-state index contributed by atoms with van der Waals surface area (Å²) in [6.07, 6.45) is 0.201. The summed E-state index contributed by atoms with van der Waals surface area (Å²) >= 11 is 6.20. The zero-order valence-corrected chi connectivity index (χ0v) is 16.4. The van der Waals surface area contributed by atoms with Crippen molar-refractivity contribution in [1.82, 2.24) is 4.90 Å². The highest BCUT2D eigenvalue weighted by Gasteiger charge is 2.43. The third-order valence-corrected chi connectivity index (χ3v) is 5.73. The lowest BCUT2D eigenvalue weighted by Gasteiger charge is -2.38. The van der Waals surface area contributed by atoms with E-state index in [9.17, 15) is 9.59 Å². The van der Waals surface area contributed by atoms with E-state index in [1.54, 1.807) is 31.4 Å². The van der Waals surface area contributed by atoms with E-state index in [1.165, 1.54) is 4.90 Å². The molecule has 0 aliphatic carbocycles. The van der Waals surface area contributed by atoms with Gasteiger partial charge >= 0.3 is 0 Å². The summed E-state index contributed by atoms with van der Waals surface area (Å²) in [6.45, 7) is 3.06. The first-order valence-electron chi connectivity index (χ1n) is 9.33. The van der Waals surface area contributed by atoms with Crippen molar-refractivity contribution in [3.8, 4) is 5.75 Å². The Morgan fingerprint density at radius 3 is 2.29 bits per heavy atom. The molecule has 0 aromatic heterocycles. The van der Waals surface area contributed by atoms with Crippen molar-refractivity contribution in [2.45, 2.75) is 12.5 Å². The van der Waals surface area contributed by atoms with E-state index in [4.69, 9.17) is 16.3 Å². The normalized spacial score (nSPS) is 20.7. The van der Waals surface area contributed by atoms with Crippen LogP contribution < -0.4 is 14.5 Å². The van der Waals surface area contributed by atoms with Crippen LogP contribution in [0.5, 0.6) is 5.75 Å². The Labute approximate surface area is 169 Å². The van der Waals surface area contributed by atoms with Gasteiger partial charge in [0.25, 0.3) is 5.91 Å². The summed E-state index contributed by atoms with van der Waals surface area (Å²) in [5.41, 5.74) is 1.60. The Kier molecular flexibility index (Phi) is 5.24. The Balaban J connectivity index is 1.43. The number of carbonyl (C=O) groups excluding carboxylic acids is 2. The predicted molar refractivity (Wildman–Crippen MR) is 109 cm³/mol. The number of rotatable bonds is 4. The van der Waals surface area contributed by atoms with E-state index < -0.39 is 6.04 Å². The number of hydrogen-bond donors (Lipinski definition) is 0. The molecular formula is C21H22ClN3O3. The van der Waals surface area contributed by atoms with Gasteiger partial charge in [-0.1, -0.05) is 23.7 Å². The highest BCUT2D eigenvalue weighted by Crippen LogP contribution is 2.32. The summed E-state index contributed by atoms with van der Waals surface area (Å²) in [4.78, 5) is 31.1. The lowest BCUT2D eigenvalue weighted by molar-refractivity contribution is -0.123. The maximum atomic E-state index is 13.0. The van der Waals surface area contributed by atoms with Gasteiger partial charge in [-0.2, -0.15) is 0 Å². The molecular weight excluding hydrogens is 378 g/mol. The van der Waals surface area contributed by atoms with Gasteiger partial charge in [-0.25, -0.2) is 4.90 Å². The molecule has 0 N–H and O–H groups in total. The first kappa shape index (κ1) is 18.8. The van der Waals surface area contributed by atoms with Crippen molar-refractivity contribution in [3.63, 3.8) is 0 Å². The number of halogens is 1. The number of anilines is 2. The van der Waals surface area contributed by atoms with Gasteiger partial charge in [0.1, 0.15) is 5.75 Å². The van der Waals surface area contributed by atoms with Crippen LogP contribution in [0.1, 0.15) is 6.42 Å². The molecule has 0 bridgehead atoms. The van der Waals surface area contributed by atoms with Crippen LogP contribution in [-0.4, -0.2) is 56.0 Å². The molecule has 2 aliphatic rings. The van der Waals surface area contributed by atoms with Crippen molar-refractivity contribution in [2.75, 3.05) is 43.1 Å². The molecule has 6 nitrogen and oxygen atoms in total. The number of methoxy groups -OCH3 is 1. The van der Waals surface area contributed by atoms with Gasteiger partial charge in [0, 0.05) is 31.9 Å². The van der Waals surface area contributed by atoms with Gasteiger partial charge in [0.15, 0.2) is 0 Å². The first-order chi connectivity index (χ1) is 13.6. The molecule has 2 aliphatic heterocycles. The first-order valence-corrected chi connectivity index (χ1v) is 9.70. The minimum atomic E-state index is -0.415. The second kappa shape index (κ2) is 7.81. The molecule has 4 rings (SSSR count). The Morgan fingerprint density at radius 1 is 0.964 bits per heavy atom. The number of carbonyl (C=O) groups is 2. The summed E-state index contributed by atoms with van der Waals surface area (Å²) in [6, 6.07) is 14.5. The third-order valence-electron chi connectivity index (χ3n) is 5.41. The minimum absolute atomic E-state index is 0.184. The van der Waals surface area contributed by atoms with Crippen LogP contribution in [-0.2, 0) is 9.59 Å². The molecule has 2 amide bonds. The van der Waals surface area contributed by atoms with Crippen LogP contribution in [0.4, 0.5) is 11.4 Å². The maximum Gasteiger partial charge on any atom is 0.251 e. The van der Waals surface area contributed by atoms with Gasteiger partial charge in [-0.05, 0) is 36.4 Å². The van der Waals surface area contributed by atoms with Crippen LogP contribution in [0.2, 0.25) is 5.02 Å². The quantitative estimate of drug-likeness (QED) is 0.740. The minimum Gasteiger partial charge on any atom is -0.497 e. The Bertz CT molecular complexity index is 879. The van der Waals surface area contributed by atoms with Gasteiger partial charge in [-0.15, -0.1) is 0 Å². The average molecular weight is 400 g/mol. The lowest BCUT2D eigenvalue weighted by atomic mass is 10.1. The number of amides is 2. The molecule has 0 spiro atoms. The highest BCUT2D eigenvalue weighted by molar-refractivity contribution is 6.36. The molecule has 1 atom stereocenters. The van der Waals surface area contributed by atoms with Crippen LogP contribution >= 0.6 is 11.6 Å². The topological polar surface area (TPSA) is 53.1 Å². The van der Waals surface area contributed by atoms with Crippen molar-refractivity contribution in [1.29, 1.82) is 0 Å². The van der Waals surface area contributed by atoms with Gasteiger partial charge in [-0.3, -0.25) is 14.5 Å². The van der Waals surface area contributed by atoms with Crippen molar-refractivity contribution in [3.05, 3.63) is 53.6 Å². The van der Waals surface area contributed by atoms with E-state index in [0.29, 0.717) is 10.7 Å². The standard InChI is InChI=1S/C21H22ClN3O3/c1-28-16-8-6-15(7-9-16)23-10-12-24(13-11-23)19-14-20(26)25(21(19)27)18-5-3-2-4-17(18)22/h2-9,19H,10-14H2,1H3. The predicted octanol–water partition coefficient (Wildman–Crippen LogP) is 2.80. The fourth-order valence-electron chi connectivity index (χ4n) is 3.87. The van der Waals surface area contributed by atoms with Crippen LogP contribution in [0, 0.1) is 0 Å². The van der Waals surface area contributed by atoms with E-state index in [-0.39, 0.29) is 18.2 Å². The SMILES string of the molecule is COc1ccc(N2CCN(C3CC(=O)N(c4ccccc4Cl)C3=O)CC2)cc1. The summed E-state index contributed by atoms with van der Waals surface area (Å²) in [7, 11) is 1.65. The number of piperazine rings is 1. The summed E-state index contributed by atoms with van der Waals surface area (Å²) in [5.74, 6) is 0.453. The molecule has 28 heavy (non-hydrogen) atoms. The van der Waals surface area contributed by atoms with E-state index in [2.05, 4.69) is 9.80 Å².